The van der Waals surface area contributed by atoms with E-state index >= 15 is 0 Å². The second-order valence-corrected chi connectivity index (χ2v) is 12.5. The first kappa shape index (κ1) is 27.1. The number of rotatable bonds is 1. The average molecular weight is 566 g/mol. The Kier molecular flexibility index (Phi) is 6.07. The molecule has 1 aliphatic rings. The van der Waals surface area contributed by atoms with Gasteiger partial charge in [-0.1, -0.05) is 17.7 Å². The van der Waals surface area contributed by atoms with E-state index in [2.05, 4.69) is 131 Å². The smallest absolute Gasteiger partial charge is 0.0908 e. The van der Waals surface area contributed by atoms with Crippen LogP contribution in [0.4, 0.5) is 0 Å². The lowest BCUT2D eigenvalue weighted by atomic mass is 9.93. The van der Waals surface area contributed by atoms with E-state index in [0.717, 1.165) is 55.5 Å². The summed E-state index contributed by atoms with van der Waals surface area (Å²) in [6, 6.07) is 17.7. The number of nitrogens with one attached hydrogen (secondary N) is 4. The maximum absolute atomic E-state index is 5.25. The molecule has 0 saturated carbocycles. The van der Waals surface area contributed by atoms with Crippen molar-refractivity contribution in [3.63, 3.8) is 0 Å². The van der Waals surface area contributed by atoms with Crippen molar-refractivity contribution in [3.05, 3.63) is 98.9 Å². The fourth-order valence-electron chi connectivity index (χ4n) is 6.89. The van der Waals surface area contributed by atoms with Gasteiger partial charge in [0, 0.05) is 38.7 Å². The number of nitrogens with zero attached hydrogens (tertiary/aromatic N) is 1. The molecule has 1 aromatic carbocycles. The molecule has 43 heavy (non-hydrogen) atoms. The van der Waals surface area contributed by atoms with Crippen molar-refractivity contribution in [3.8, 4) is 11.1 Å². The van der Waals surface area contributed by atoms with Crippen molar-refractivity contribution in [2.24, 2.45) is 0 Å². The van der Waals surface area contributed by atoms with E-state index in [1.165, 1.54) is 61.2 Å². The SMILES string of the molecule is CC1=C(C)c2nc1c1[nH]c(cc3ccc([nH]3)c(-c3c(C)cc(C)cc3C)c3ccc(cc4[nH]c2c(C)c4C)[nH]3)c(C)c1C. The molecule has 5 heteroatoms. The molecular weight excluding hydrogens is 526 g/mol. The molecule has 0 aliphatic carbocycles. The maximum Gasteiger partial charge on any atom is 0.0908 e. The van der Waals surface area contributed by atoms with Gasteiger partial charge in [-0.15, -0.1) is 0 Å². The van der Waals surface area contributed by atoms with Gasteiger partial charge in [0.1, 0.15) is 0 Å². The van der Waals surface area contributed by atoms with Crippen LogP contribution in [0.25, 0.3) is 66.4 Å². The van der Waals surface area contributed by atoms with Gasteiger partial charge in [0.05, 0.1) is 22.4 Å². The van der Waals surface area contributed by atoms with E-state index in [4.69, 9.17) is 4.98 Å². The summed E-state index contributed by atoms with van der Waals surface area (Å²) in [5, 5.41) is 0. The van der Waals surface area contributed by atoms with Gasteiger partial charge in [-0.25, -0.2) is 4.98 Å². The molecule has 6 heterocycles. The molecule has 4 N–H and O–H groups in total. The zero-order valence-electron chi connectivity index (χ0n) is 26.6. The lowest BCUT2D eigenvalue weighted by Gasteiger charge is -2.12. The highest BCUT2D eigenvalue weighted by atomic mass is 14.8. The van der Waals surface area contributed by atoms with Gasteiger partial charge in [-0.2, -0.15) is 0 Å². The number of H-pyrrole nitrogens is 4. The lowest BCUT2D eigenvalue weighted by Crippen LogP contribution is -1.91. The number of hydrogen-bond acceptors (Lipinski definition) is 1. The predicted octanol–water partition coefficient (Wildman–Crippen LogP) is 10.3. The number of hydrogen-bond donors (Lipinski definition) is 4. The maximum atomic E-state index is 5.25. The summed E-state index contributed by atoms with van der Waals surface area (Å²) in [7, 11) is 0. The van der Waals surface area contributed by atoms with Crippen LogP contribution in [0.5, 0.6) is 0 Å². The normalized spacial score (nSPS) is 12.7. The van der Waals surface area contributed by atoms with E-state index in [9.17, 15) is 0 Å². The van der Waals surface area contributed by atoms with Crippen LogP contribution in [0.2, 0.25) is 0 Å². The molecule has 0 unspecified atom stereocenters. The second-order valence-electron chi connectivity index (χ2n) is 12.5. The van der Waals surface area contributed by atoms with E-state index in [-0.39, 0.29) is 0 Å². The molecule has 0 radical (unpaired) electrons. The molecule has 0 amide bonds. The molecule has 0 saturated heterocycles. The highest BCUT2D eigenvalue weighted by molar-refractivity contribution is 6.01. The Hall–Kier alpha value is -4.77. The van der Waals surface area contributed by atoms with Gasteiger partial charge in [0.25, 0.3) is 0 Å². The second kappa shape index (κ2) is 9.63. The third-order valence-electron chi connectivity index (χ3n) is 9.65. The van der Waals surface area contributed by atoms with Crippen molar-refractivity contribution in [2.75, 3.05) is 0 Å². The zero-order valence-corrected chi connectivity index (χ0v) is 26.6. The van der Waals surface area contributed by atoms with E-state index < -0.39 is 0 Å². The minimum absolute atomic E-state index is 1.02. The third-order valence-corrected chi connectivity index (χ3v) is 9.65. The molecule has 10 bridgehead atoms. The predicted molar refractivity (Wildman–Crippen MR) is 184 cm³/mol. The summed E-state index contributed by atoms with van der Waals surface area (Å²) in [6.45, 7) is 19.7. The Morgan fingerprint density at radius 1 is 0.442 bits per heavy atom. The highest BCUT2D eigenvalue weighted by Gasteiger charge is 2.21. The standard InChI is InChI=1S/C38H39N5/c1-18-14-19(2)33(20(3)15-18)34-29-12-10-27(39-29)16-31-21(4)23(6)35(41-31)37-25(8)26(9)38(43-37)36-24(7)22(5)32(42-36)17-28-11-13-30(34)40-28/h10-17,39-42H,1-9H3. The van der Waals surface area contributed by atoms with Crippen LogP contribution < -0.4 is 0 Å². The first-order chi connectivity index (χ1) is 20.5. The Balaban J connectivity index is 1.69. The Labute approximate surface area is 252 Å². The number of fused-ring (bicyclic) bond motifs is 12. The largest absolute Gasteiger partial charge is 0.355 e. The average Bonchev–Trinajstić information content (AvgIpc) is 3.77. The summed E-state index contributed by atoms with van der Waals surface area (Å²) in [6.07, 6.45) is 0. The van der Waals surface area contributed by atoms with Gasteiger partial charge < -0.3 is 19.9 Å². The van der Waals surface area contributed by atoms with Gasteiger partial charge in [0.2, 0.25) is 0 Å². The van der Waals surface area contributed by atoms with Crippen LogP contribution in [-0.2, 0) is 0 Å². The summed E-state index contributed by atoms with van der Waals surface area (Å²) >= 11 is 0. The molecule has 5 aromatic heterocycles. The van der Waals surface area contributed by atoms with Gasteiger partial charge in [0.15, 0.2) is 0 Å². The summed E-state index contributed by atoms with van der Waals surface area (Å²) < 4.78 is 0. The van der Waals surface area contributed by atoms with Crippen molar-refractivity contribution in [1.29, 1.82) is 0 Å². The van der Waals surface area contributed by atoms with E-state index in [0.29, 0.717) is 0 Å². The molecule has 6 aromatic rings. The van der Waals surface area contributed by atoms with Crippen molar-refractivity contribution in [2.45, 2.75) is 62.3 Å². The lowest BCUT2D eigenvalue weighted by molar-refractivity contribution is 1.28. The third kappa shape index (κ3) is 4.17. The monoisotopic (exact) mass is 565 g/mol. The molecule has 0 fully saturated rings. The van der Waals surface area contributed by atoms with Crippen LogP contribution >= 0.6 is 0 Å². The van der Waals surface area contributed by atoms with Crippen LogP contribution in [0.1, 0.15) is 64.2 Å². The molecule has 0 atom stereocenters. The number of benzene rings is 1. The molecule has 7 rings (SSSR count). The van der Waals surface area contributed by atoms with Crippen LogP contribution in [0, 0.1) is 48.5 Å². The number of aromatic amines is 4. The molecule has 0 spiro atoms. The molecule has 5 nitrogen and oxygen atoms in total. The highest BCUT2D eigenvalue weighted by Crippen LogP contribution is 2.38. The number of aryl methyl sites for hydroxylation is 7. The Bertz CT molecular complexity index is 2170. The van der Waals surface area contributed by atoms with Gasteiger partial charge in [-0.05, 0) is 149 Å². The molecule has 216 valence electrons. The first-order valence-electron chi connectivity index (χ1n) is 15.1. The van der Waals surface area contributed by atoms with Gasteiger partial charge in [-0.3, -0.25) is 0 Å². The summed E-state index contributed by atoms with van der Waals surface area (Å²) in [4.78, 5) is 20.2. The number of aromatic nitrogens is 5. The first-order valence-corrected chi connectivity index (χ1v) is 15.1. The van der Waals surface area contributed by atoms with Crippen molar-refractivity contribution in [1.82, 2.24) is 24.9 Å². The molecular formula is C38H39N5. The zero-order chi connectivity index (χ0) is 30.3. The Morgan fingerprint density at radius 2 is 0.884 bits per heavy atom. The quantitative estimate of drug-likeness (QED) is 0.157. The Morgan fingerprint density at radius 3 is 1.33 bits per heavy atom. The minimum Gasteiger partial charge on any atom is -0.355 e. The molecule has 1 aliphatic heterocycles. The van der Waals surface area contributed by atoms with E-state index in [1.54, 1.807) is 0 Å². The van der Waals surface area contributed by atoms with Gasteiger partial charge >= 0.3 is 0 Å². The summed E-state index contributed by atoms with van der Waals surface area (Å²) in [5.74, 6) is 0. The van der Waals surface area contributed by atoms with Crippen molar-refractivity contribution < 1.29 is 0 Å². The topological polar surface area (TPSA) is 76.0 Å². The van der Waals surface area contributed by atoms with Crippen molar-refractivity contribution >= 4 is 55.3 Å². The fourth-order valence-corrected chi connectivity index (χ4v) is 6.89. The number of allylic oxidation sites excluding steroid dienone is 2. The van der Waals surface area contributed by atoms with Crippen LogP contribution in [0.3, 0.4) is 0 Å². The van der Waals surface area contributed by atoms with E-state index in [1.807, 2.05) is 0 Å². The minimum atomic E-state index is 1.02. The van der Waals surface area contributed by atoms with Crippen LogP contribution in [0.15, 0.2) is 48.5 Å². The fraction of sp³-hybridized carbons (Fsp3) is 0.237. The van der Waals surface area contributed by atoms with Crippen LogP contribution in [-0.4, -0.2) is 24.9 Å². The summed E-state index contributed by atoms with van der Waals surface area (Å²) in [5.41, 5.74) is 24.3.